The van der Waals surface area contributed by atoms with Crippen molar-refractivity contribution < 1.29 is 9.47 Å². The van der Waals surface area contributed by atoms with Crippen molar-refractivity contribution in [3.05, 3.63) is 0 Å². The Morgan fingerprint density at radius 1 is 1.32 bits per heavy atom. The van der Waals surface area contributed by atoms with Gasteiger partial charge in [0.15, 0.2) is 5.96 Å². The molecule has 0 amide bonds. The van der Waals surface area contributed by atoms with Crippen LogP contribution < -0.4 is 5.32 Å². The highest BCUT2D eigenvalue weighted by Gasteiger charge is 2.32. The molecule has 0 saturated carbocycles. The topological polar surface area (TPSA) is 46.1 Å². The second kappa shape index (κ2) is 7.10. The SMILES string of the molecule is CN=C(NCC(C)C)N1CCOC(C2CCCO2)C1. The first-order valence-corrected chi connectivity index (χ1v) is 7.39. The molecule has 19 heavy (non-hydrogen) atoms. The van der Waals surface area contributed by atoms with Gasteiger partial charge in [-0.25, -0.2) is 0 Å². The van der Waals surface area contributed by atoms with Crippen molar-refractivity contribution in [1.29, 1.82) is 0 Å². The molecule has 2 saturated heterocycles. The number of nitrogens with zero attached hydrogens (tertiary/aromatic N) is 2. The zero-order valence-electron chi connectivity index (χ0n) is 12.4. The van der Waals surface area contributed by atoms with Crippen LogP contribution in [0.15, 0.2) is 4.99 Å². The molecule has 0 aromatic rings. The minimum Gasteiger partial charge on any atom is -0.375 e. The Morgan fingerprint density at radius 3 is 2.74 bits per heavy atom. The van der Waals surface area contributed by atoms with Gasteiger partial charge >= 0.3 is 0 Å². The zero-order valence-corrected chi connectivity index (χ0v) is 12.4. The second-order valence-electron chi connectivity index (χ2n) is 5.73. The van der Waals surface area contributed by atoms with E-state index >= 15 is 0 Å². The van der Waals surface area contributed by atoms with Crippen LogP contribution in [0.2, 0.25) is 0 Å². The van der Waals surface area contributed by atoms with Crippen molar-refractivity contribution in [3.63, 3.8) is 0 Å². The molecule has 2 rings (SSSR count). The first-order valence-electron chi connectivity index (χ1n) is 7.39. The van der Waals surface area contributed by atoms with Crippen LogP contribution in [-0.4, -0.2) is 63.0 Å². The molecule has 0 aliphatic carbocycles. The van der Waals surface area contributed by atoms with Crippen LogP contribution in [-0.2, 0) is 9.47 Å². The minimum absolute atomic E-state index is 0.189. The third-order valence-electron chi connectivity index (χ3n) is 3.65. The summed E-state index contributed by atoms with van der Waals surface area (Å²) in [4.78, 5) is 6.67. The number of nitrogens with one attached hydrogen (secondary N) is 1. The van der Waals surface area contributed by atoms with Gasteiger partial charge in [-0.3, -0.25) is 4.99 Å². The maximum Gasteiger partial charge on any atom is 0.193 e. The van der Waals surface area contributed by atoms with Crippen LogP contribution in [0.1, 0.15) is 26.7 Å². The lowest BCUT2D eigenvalue weighted by molar-refractivity contribution is -0.0817. The van der Waals surface area contributed by atoms with Crippen LogP contribution in [0, 0.1) is 5.92 Å². The Balaban J connectivity index is 1.87. The summed E-state index contributed by atoms with van der Waals surface area (Å²) >= 11 is 0. The van der Waals surface area contributed by atoms with Gasteiger partial charge in [0.05, 0.1) is 12.7 Å². The number of hydrogen-bond acceptors (Lipinski definition) is 3. The molecule has 0 bridgehead atoms. The van der Waals surface area contributed by atoms with E-state index in [1.807, 2.05) is 7.05 Å². The number of guanidine groups is 1. The number of aliphatic imine (C=N–C) groups is 1. The van der Waals surface area contributed by atoms with Crippen LogP contribution in [0.5, 0.6) is 0 Å². The largest absolute Gasteiger partial charge is 0.375 e. The van der Waals surface area contributed by atoms with E-state index in [0.29, 0.717) is 5.92 Å². The minimum atomic E-state index is 0.189. The van der Waals surface area contributed by atoms with E-state index in [4.69, 9.17) is 9.47 Å². The molecule has 0 aromatic carbocycles. The molecule has 0 aromatic heterocycles. The molecular weight excluding hydrogens is 242 g/mol. The molecule has 110 valence electrons. The summed E-state index contributed by atoms with van der Waals surface area (Å²) in [5, 5.41) is 3.43. The molecule has 0 radical (unpaired) electrons. The fraction of sp³-hybridized carbons (Fsp3) is 0.929. The number of morpholine rings is 1. The fourth-order valence-corrected chi connectivity index (χ4v) is 2.62. The van der Waals surface area contributed by atoms with Gasteiger partial charge in [0.25, 0.3) is 0 Å². The summed E-state index contributed by atoms with van der Waals surface area (Å²) in [5.41, 5.74) is 0. The monoisotopic (exact) mass is 269 g/mol. The second-order valence-corrected chi connectivity index (χ2v) is 5.73. The highest BCUT2D eigenvalue weighted by atomic mass is 16.5. The first-order chi connectivity index (χ1) is 9.20. The number of ether oxygens (including phenoxy) is 2. The molecule has 0 spiro atoms. The molecule has 2 fully saturated rings. The number of rotatable bonds is 3. The van der Waals surface area contributed by atoms with Gasteiger partial charge in [-0.2, -0.15) is 0 Å². The summed E-state index contributed by atoms with van der Waals surface area (Å²) in [5.74, 6) is 1.60. The van der Waals surface area contributed by atoms with Crippen LogP contribution in [0.4, 0.5) is 0 Å². The Morgan fingerprint density at radius 2 is 2.11 bits per heavy atom. The standard InChI is InChI=1S/C14H27N3O2/c1-11(2)9-16-14(15-3)17-6-8-19-13(10-17)12-5-4-7-18-12/h11-13H,4-10H2,1-3H3,(H,15,16). The number of hydrogen-bond donors (Lipinski definition) is 1. The van der Waals surface area contributed by atoms with E-state index in [1.54, 1.807) is 0 Å². The van der Waals surface area contributed by atoms with E-state index in [9.17, 15) is 0 Å². The predicted molar refractivity (Wildman–Crippen MR) is 76.5 cm³/mol. The van der Waals surface area contributed by atoms with Crippen molar-refractivity contribution in [1.82, 2.24) is 10.2 Å². The van der Waals surface area contributed by atoms with Gasteiger partial charge in [-0.05, 0) is 18.8 Å². The molecule has 2 unspecified atom stereocenters. The van der Waals surface area contributed by atoms with Crippen molar-refractivity contribution in [2.75, 3.05) is 39.9 Å². The summed E-state index contributed by atoms with van der Waals surface area (Å²) in [7, 11) is 1.85. The lowest BCUT2D eigenvalue weighted by Crippen LogP contribution is -2.53. The fourth-order valence-electron chi connectivity index (χ4n) is 2.62. The zero-order chi connectivity index (χ0) is 13.7. The molecule has 5 nitrogen and oxygen atoms in total. The van der Waals surface area contributed by atoms with Gasteiger partial charge in [-0.15, -0.1) is 0 Å². The van der Waals surface area contributed by atoms with Gasteiger partial charge in [0.1, 0.15) is 6.10 Å². The summed E-state index contributed by atoms with van der Waals surface area (Å²) in [6, 6.07) is 0. The van der Waals surface area contributed by atoms with Crippen molar-refractivity contribution in [2.45, 2.75) is 38.9 Å². The maximum absolute atomic E-state index is 5.86. The van der Waals surface area contributed by atoms with Gasteiger partial charge < -0.3 is 19.7 Å². The van der Waals surface area contributed by atoms with E-state index in [-0.39, 0.29) is 12.2 Å². The average molecular weight is 269 g/mol. The predicted octanol–water partition coefficient (Wildman–Crippen LogP) is 1.10. The Hall–Kier alpha value is -0.810. The Bertz CT molecular complexity index is 301. The van der Waals surface area contributed by atoms with Crippen LogP contribution >= 0.6 is 0 Å². The third-order valence-corrected chi connectivity index (χ3v) is 3.65. The highest BCUT2D eigenvalue weighted by Crippen LogP contribution is 2.20. The maximum atomic E-state index is 5.86. The summed E-state index contributed by atoms with van der Waals surface area (Å²) < 4.78 is 11.6. The normalized spacial score (nSPS) is 29.1. The molecule has 1 N–H and O–H groups in total. The third kappa shape index (κ3) is 4.08. The van der Waals surface area contributed by atoms with E-state index < -0.39 is 0 Å². The highest BCUT2D eigenvalue weighted by molar-refractivity contribution is 5.80. The molecule has 2 aliphatic rings. The molecule has 2 atom stereocenters. The van der Waals surface area contributed by atoms with E-state index in [1.165, 1.54) is 0 Å². The van der Waals surface area contributed by atoms with Gasteiger partial charge in [0.2, 0.25) is 0 Å². The van der Waals surface area contributed by atoms with Crippen molar-refractivity contribution >= 4 is 5.96 Å². The lowest BCUT2D eigenvalue weighted by Gasteiger charge is -2.37. The first kappa shape index (κ1) is 14.6. The van der Waals surface area contributed by atoms with Crippen molar-refractivity contribution in [2.24, 2.45) is 10.9 Å². The van der Waals surface area contributed by atoms with Crippen molar-refractivity contribution in [3.8, 4) is 0 Å². The molecule has 2 heterocycles. The Kier molecular flexibility index (Phi) is 5.45. The quantitative estimate of drug-likeness (QED) is 0.615. The smallest absolute Gasteiger partial charge is 0.193 e. The van der Waals surface area contributed by atoms with Crippen LogP contribution in [0.3, 0.4) is 0 Å². The molecular formula is C14H27N3O2. The van der Waals surface area contributed by atoms with E-state index in [0.717, 1.165) is 51.6 Å². The molecule has 5 heteroatoms. The average Bonchev–Trinajstić information content (AvgIpc) is 2.93. The van der Waals surface area contributed by atoms with E-state index in [2.05, 4.69) is 29.1 Å². The summed E-state index contributed by atoms with van der Waals surface area (Å²) in [6.45, 7) is 8.78. The lowest BCUT2D eigenvalue weighted by atomic mass is 10.1. The summed E-state index contributed by atoms with van der Waals surface area (Å²) in [6.07, 6.45) is 2.74. The Labute approximate surface area is 116 Å². The van der Waals surface area contributed by atoms with Crippen LogP contribution in [0.25, 0.3) is 0 Å². The van der Waals surface area contributed by atoms with Gasteiger partial charge in [-0.1, -0.05) is 13.8 Å². The van der Waals surface area contributed by atoms with Gasteiger partial charge in [0, 0.05) is 33.3 Å². The molecule has 2 aliphatic heterocycles.